The van der Waals surface area contributed by atoms with E-state index in [9.17, 15) is 5.11 Å². The molecule has 0 saturated carbocycles. The number of hydrogen-bond donors (Lipinski definition) is 1. The highest BCUT2D eigenvalue weighted by atomic mass is 32.1. The highest BCUT2D eigenvalue weighted by Gasteiger charge is 2.30. The number of ether oxygens (including phenoxy) is 2. The van der Waals surface area contributed by atoms with Crippen LogP contribution in [-0.4, -0.2) is 40.6 Å². The summed E-state index contributed by atoms with van der Waals surface area (Å²) in [6.07, 6.45) is -0.707. The highest BCUT2D eigenvalue weighted by molar-refractivity contribution is 7.71. The molecule has 3 aromatic rings. The van der Waals surface area contributed by atoms with Crippen LogP contribution in [0.2, 0.25) is 0 Å². The third-order valence-electron chi connectivity index (χ3n) is 5.10. The van der Waals surface area contributed by atoms with E-state index >= 15 is 0 Å². The van der Waals surface area contributed by atoms with Crippen LogP contribution in [0.4, 0.5) is 0 Å². The summed E-state index contributed by atoms with van der Waals surface area (Å²) in [7, 11) is 3.22. The second kappa shape index (κ2) is 7.98. The smallest absolute Gasteiger partial charge is 0.288 e. The normalized spacial score (nSPS) is 16.5. The van der Waals surface area contributed by atoms with E-state index in [-0.39, 0.29) is 0 Å². The third-order valence-corrected chi connectivity index (χ3v) is 5.39. The molecule has 0 aliphatic carbocycles. The first-order valence-corrected chi connectivity index (χ1v) is 9.70. The van der Waals surface area contributed by atoms with Crippen LogP contribution in [0.5, 0.6) is 11.5 Å². The van der Waals surface area contributed by atoms with Gasteiger partial charge in [0, 0.05) is 29.8 Å². The molecule has 0 spiro atoms. The minimum absolute atomic E-state index is 0.290. The van der Waals surface area contributed by atoms with E-state index in [0.29, 0.717) is 42.0 Å². The predicted octanol–water partition coefficient (Wildman–Crippen LogP) is 3.70. The van der Waals surface area contributed by atoms with Crippen molar-refractivity contribution in [3.8, 4) is 23.0 Å². The molecule has 1 atom stereocenters. The molecule has 1 aliphatic heterocycles. The first-order valence-electron chi connectivity index (χ1n) is 9.29. The standard InChI is InChI=1S/C21H23N3O4S/c1-13-4-6-14(7-5-13)20-22-24(21(29)28-20)12-23-10-15-17(26-2)8-9-18(27-3)19(15)16(25)11-23/h4-9,16,25H,10-12H2,1-3H3. The van der Waals surface area contributed by atoms with E-state index in [1.165, 1.54) is 0 Å². The molecule has 29 heavy (non-hydrogen) atoms. The zero-order valence-electron chi connectivity index (χ0n) is 16.6. The number of fused-ring (bicyclic) bond motifs is 1. The van der Waals surface area contributed by atoms with Crippen molar-refractivity contribution < 1.29 is 19.0 Å². The Balaban J connectivity index is 1.61. The number of β-amino-alcohol motifs (C(OH)–C–C–N with tert-alkyl or cyclic N) is 1. The Kier molecular flexibility index (Phi) is 5.40. The minimum atomic E-state index is -0.707. The number of aliphatic hydroxyl groups is 1. The lowest BCUT2D eigenvalue weighted by molar-refractivity contribution is 0.0665. The summed E-state index contributed by atoms with van der Waals surface area (Å²) in [6.45, 7) is 3.41. The maximum atomic E-state index is 10.8. The van der Waals surface area contributed by atoms with Gasteiger partial charge in [0.05, 0.1) is 27.0 Å². The van der Waals surface area contributed by atoms with Crippen molar-refractivity contribution in [2.75, 3.05) is 20.8 Å². The summed E-state index contributed by atoms with van der Waals surface area (Å²) in [5, 5.41) is 15.3. The number of methoxy groups -OCH3 is 2. The molecule has 1 N–H and O–H groups in total. The van der Waals surface area contributed by atoms with E-state index in [2.05, 4.69) is 5.10 Å². The Labute approximate surface area is 174 Å². The van der Waals surface area contributed by atoms with Gasteiger partial charge in [-0.2, -0.15) is 0 Å². The Hall–Kier alpha value is -2.68. The lowest BCUT2D eigenvalue weighted by Crippen LogP contribution is -2.35. The fourth-order valence-corrected chi connectivity index (χ4v) is 3.83. The molecule has 0 saturated heterocycles. The van der Waals surface area contributed by atoms with E-state index in [1.54, 1.807) is 18.9 Å². The Morgan fingerprint density at radius 1 is 1.14 bits per heavy atom. The van der Waals surface area contributed by atoms with Crippen LogP contribution in [0.25, 0.3) is 11.5 Å². The van der Waals surface area contributed by atoms with Gasteiger partial charge in [-0.1, -0.05) is 17.7 Å². The molecule has 1 aliphatic rings. The second-order valence-electron chi connectivity index (χ2n) is 7.07. The van der Waals surface area contributed by atoms with Crippen molar-refractivity contribution in [3.05, 3.63) is 57.9 Å². The van der Waals surface area contributed by atoms with Gasteiger partial charge in [-0.3, -0.25) is 4.90 Å². The number of aliphatic hydroxyl groups excluding tert-OH is 1. The zero-order chi connectivity index (χ0) is 20.5. The lowest BCUT2D eigenvalue weighted by Gasteiger charge is -2.33. The van der Waals surface area contributed by atoms with Crippen LogP contribution in [0, 0.1) is 11.8 Å². The van der Waals surface area contributed by atoms with Gasteiger partial charge in [-0.25, -0.2) is 4.68 Å². The predicted molar refractivity (Wildman–Crippen MR) is 110 cm³/mol. The van der Waals surface area contributed by atoms with Crippen LogP contribution in [0.3, 0.4) is 0 Å². The molecule has 0 bridgehead atoms. The fraction of sp³-hybridized carbons (Fsp3) is 0.333. The molecule has 0 amide bonds. The average Bonchev–Trinajstić information content (AvgIpc) is 3.07. The molecule has 4 rings (SSSR count). The number of nitrogens with zero attached hydrogens (tertiary/aromatic N) is 3. The fourth-order valence-electron chi connectivity index (χ4n) is 3.65. The monoisotopic (exact) mass is 413 g/mol. The van der Waals surface area contributed by atoms with E-state index in [0.717, 1.165) is 22.3 Å². The summed E-state index contributed by atoms with van der Waals surface area (Å²) in [5.74, 6) is 1.86. The van der Waals surface area contributed by atoms with E-state index in [4.69, 9.17) is 26.1 Å². The number of aromatic nitrogens is 2. The minimum Gasteiger partial charge on any atom is -0.496 e. The number of aryl methyl sites for hydroxylation is 1. The highest BCUT2D eigenvalue weighted by Crippen LogP contribution is 2.39. The molecule has 7 nitrogen and oxygen atoms in total. The largest absolute Gasteiger partial charge is 0.496 e. The van der Waals surface area contributed by atoms with Crippen molar-refractivity contribution in [2.45, 2.75) is 26.2 Å². The first kappa shape index (κ1) is 19.6. The van der Waals surface area contributed by atoms with Gasteiger partial charge in [0.1, 0.15) is 11.5 Å². The first-order chi connectivity index (χ1) is 14.0. The van der Waals surface area contributed by atoms with Gasteiger partial charge in [0.2, 0.25) is 5.89 Å². The van der Waals surface area contributed by atoms with Gasteiger partial charge in [0.25, 0.3) is 4.84 Å². The summed E-state index contributed by atoms with van der Waals surface area (Å²) < 4.78 is 18.3. The Bertz CT molecular complexity index is 1070. The van der Waals surface area contributed by atoms with Crippen LogP contribution in [0.1, 0.15) is 22.8 Å². The van der Waals surface area contributed by atoms with Crippen molar-refractivity contribution in [3.63, 3.8) is 0 Å². The summed E-state index contributed by atoms with van der Waals surface area (Å²) in [4.78, 5) is 2.34. The number of benzene rings is 2. The molecule has 152 valence electrons. The van der Waals surface area contributed by atoms with Crippen molar-refractivity contribution in [1.29, 1.82) is 0 Å². The van der Waals surface area contributed by atoms with Gasteiger partial charge < -0.3 is 19.0 Å². The number of hydrogen-bond acceptors (Lipinski definition) is 7. The van der Waals surface area contributed by atoms with Crippen molar-refractivity contribution in [1.82, 2.24) is 14.7 Å². The van der Waals surface area contributed by atoms with E-state index in [1.807, 2.05) is 48.2 Å². The van der Waals surface area contributed by atoms with Gasteiger partial charge in [-0.15, -0.1) is 5.10 Å². The SMILES string of the molecule is COc1ccc(OC)c2c1CN(Cn1nc(-c3ccc(C)cc3)oc1=S)CC2O. The van der Waals surface area contributed by atoms with Crippen LogP contribution < -0.4 is 9.47 Å². The molecule has 0 radical (unpaired) electrons. The number of rotatable bonds is 5. The Morgan fingerprint density at radius 3 is 2.52 bits per heavy atom. The van der Waals surface area contributed by atoms with Crippen LogP contribution >= 0.6 is 12.2 Å². The molecule has 2 aromatic carbocycles. The molecule has 8 heteroatoms. The van der Waals surface area contributed by atoms with Crippen molar-refractivity contribution >= 4 is 12.2 Å². The molecule has 1 unspecified atom stereocenters. The molecule has 0 fully saturated rings. The van der Waals surface area contributed by atoms with Gasteiger partial charge in [0.15, 0.2) is 0 Å². The summed E-state index contributed by atoms with van der Waals surface area (Å²) in [6, 6.07) is 11.6. The summed E-state index contributed by atoms with van der Waals surface area (Å²) in [5.41, 5.74) is 3.71. The topological polar surface area (TPSA) is 72.9 Å². The molecule has 1 aromatic heterocycles. The van der Waals surface area contributed by atoms with Gasteiger partial charge in [-0.05, 0) is 43.4 Å². The van der Waals surface area contributed by atoms with Gasteiger partial charge >= 0.3 is 0 Å². The van der Waals surface area contributed by atoms with E-state index < -0.39 is 6.10 Å². The second-order valence-corrected chi connectivity index (χ2v) is 7.42. The van der Waals surface area contributed by atoms with Crippen LogP contribution in [-0.2, 0) is 13.2 Å². The maximum absolute atomic E-state index is 10.8. The summed E-state index contributed by atoms with van der Waals surface area (Å²) >= 11 is 5.36. The Morgan fingerprint density at radius 2 is 1.83 bits per heavy atom. The quantitative estimate of drug-likeness (QED) is 0.639. The molecular weight excluding hydrogens is 390 g/mol. The molecular formula is C21H23N3O4S. The zero-order valence-corrected chi connectivity index (χ0v) is 17.4. The molecule has 2 heterocycles. The maximum Gasteiger partial charge on any atom is 0.288 e. The van der Waals surface area contributed by atoms with Crippen LogP contribution in [0.15, 0.2) is 40.8 Å². The van der Waals surface area contributed by atoms with Crippen molar-refractivity contribution in [2.24, 2.45) is 0 Å². The average molecular weight is 413 g/mol. The lowest BCUT2D eigenvalue weighted by atomic mass is 9.95. The third kappa shape index (κ3) is 3.78.